The van der Waals surface area contributed by atoms with Crippen molar-refractivity contribution in [2.24, 2.45) is 0 Å². The van der Waals surface area contributed by atoms with Crippen molar-refractivity contribution in [3.05, 3.63) is 41.5 Å². The molecule has 0 spiro atoms. The zero-order valence-corrected chi connectivity index (χ0v) is 11.9. The van der Waals surface area contributed by atoms with Gasteiger partial charge in [-0.05, 0) is 43.5 Å². The second-order valence-corrected chi connectivity index (χ2v) is 5.17. The third kappa shape index (κ3) is 4.72. The first-order chi connectivity index (χ1) is 10.0. The number of carbonyl (C=O) groups excluding carboxylic acids is 1. The van der Waals surface area contributed by atoms with Crippen molar-refractivity contribution in [2.45, 2.75) is 31.9 Å². The molecule has 5 heteroatoms. The van der Waals surface area contributed by atoms with Crippen molar-refractivity contribution in [3.63, 3.8) is 0 Å². The van der Waals surface area contributed by atoms with E-state index in [4.69, 9.17) is 9.84 Å². The van der Waals surface area contributed by atoms with Crippen LogP contribution in [0.5, 0.6) is 0 Å². The molecule has 21 heavy (non-hydrogen) atoms. The summed E-state index contributed by atoms with van der Waals surface area (Å²) in [6.45, 7) is 2.67. The molecule has 2 atom stereocenters. The van der Waals surface area contributed by atoms with Gasteiger partial charge in [-0.3, -0.25) is 4.79 Å². The van der Waals surface area contributed by atoms with E-state index in [1.807, 2.05) is 6.92 Å². The first-order valence-electron chi connectivity index (χ1n) is 6.98. The molecule has 1 aromatic rings. The maximum absolute atomic E-state index is 12.1. The number of benzene rings is 1. The molecular formula is C16H19NO4. The largest absolute Gasteiger partial charge is 0.478 e. The molecular weight excluding hydrogens is 270 g/mol. The SMILES string of the molecule is CC1CC(NC(=O)c2ccc(/C=C/C(=O)O)cc2)CCO1. The van der Waals surface area contributed by atoms with E-state index in [2.05, 4.69) is 5.32 Å². The first-order valence-corrected chi connectivity index (χ1v) is 6.98. The Morgan fingerprint density at radius 1 is 1.33 bits per heavy atom. The molecule has 1 aliphatic rings. The average molecular weight is 289 g/mol. The van der Waals surface area contributed by atoms with Crippen LogP contribution in [0.3, 0.4) is 0 Å². The van der Waals surface area contributed by atoms with E-state index in [0.29, 0.717) is 12.2 Å². The van der Waals surface area contributed by atoms with Gasteiger partial charge in [0.15, 0.2) is 0 Å². The number of aliphatic carboxylic acids is 1. The van der Waals surface area contributed by atoms with Gasteiger partial charge in [0.2, 0.25) is 0 Å². The lowest BCUT2D eigenvalue weighted by atomic mass is 10.0. The van der Waals surface area contributed by atoms with Crippen LogP contribution in [0.1, 0.15) is 35.7 Å². The zero-order valence-electron chi connectivity index (χ0n) is 11.9. The lowest BCUT2D eigenvalue weighted by Gasteiger charge is -2.27. The molecule has 0 bridgehead atoms. The molecule has 1 fully saturated rings. The number of amides is 1. The van der Waals surface area contributed by atoms with E-state index in [9.17, 15) is 9.59 Å². The first kappa shape index (κ1) is 15.3. The highest BCUT2D eigenvalue weighted by Gasteiger charge is 2.21. The van der Waals surface area contributed by atoms with Gasteiger partial charge in [-0.15, -0.1) is 0 Å². The number of rotatable bonds is 4. The molecule has 0 aliphatic carbocycles. The van der Waals surface area contributed by atoms with Crippen LogP contribution in [0, 0.1) is 0 Å². The fraction of sp³-hybridized carbons (Fsp3) is 0.375. The highest BCUT2D eigenvalue weighted by atomic mass is 16.5. The van der Waals surface area contributed by atoms with Gasteiger partial charge in [-0.1, -0.05) is 12.1 Å². The lowest BCUT2D eigenvalue weighted by Crippen LogP contribution is -2.41. The number of nitrogens with one attached hydrogen (secondary N) is 1. The van der Waals surface area contributed by atoms with E-state index in [0.717, 1.165) is 24.5 Å². The Morgan fingerprint density at radius 3 is 2.67 bits per heavy atom. The second-order valence-electron chi connectivity index (χ2n) is 5.17. The van der Waals surface area contributed by atoms with Crippen LogP contribution in [-0.2, 0) is 9.53 Å². The minimum atomic E-state index is -0.995. The van der Waals surface area contributed by atoms with Crippen molar-refractivity contribution >= 4 is 18.0 Å². The Morgan fingerprint density at radius 2 is 2.05 bits per heavy atom. The van der Waals surface area contributed by atoms with Crippen molar-refractivity contribution in [3.8, 4) is 0 Å². The molecule has 1 amide bonds. The molecule has 2 rings (SSSR count). The molecule has 2 unspecified atom stereocenters. The van der Waals surface area contributed by atoms with Gasteiger partial charge >= 0.3 is 5.97 Å². The molecule has 0 aromatic heterocycles. The van der Waals surface area contributed by atoms with Crippen LogP contribution in [-0.4, -0.2) is 35.7 Å². The summed E-state index contributed by atoms with van der Waals surface area (Å²) in [6.07, 6.45) is 4.39. The molecule has 0 radical (unpaired) electrons. The topological polar surface area (TPSA) is 75.6 Å². The quantitative estimate of drug-likeness (QED) is 0.832. The monoisotopic (exact) mass is 289 g/mol. The van der Waals surface area contributed by atoms with Gasteiger partial charge in [0.1, 0.15) is 0 Å². The second kappa shape index (κ2) is 7.04. The number of carboxylic acid groups (broad SMARTS) is 1. The third-order valence-electron chi connectivity index (χ3n) is 3.41. The number of carbonyl (C=O) groups is 2. The van der Waals surface area contributed by atoms with Gasteiger partial charge in [0.05, 0.1) is 6.10 Å². The summed E-state index contributed by atoms with van der Waals surface area (Å²) in [7, 11) is 0. The fourth-order valence-electron chi connectivity index (χ4n) is 2.31. The molecule has 112 valence electrons. The van der Waals surface area contributed by atoms with Gasteiger partial charge < -0.3 is 15.2 Å². The van der Waals surface area contributed by atoms with Crippen LogP contribution in [0.2, 0.25) is 0 Å². The van der Waals surface area contributed by atoms with Crippen molar-refractivity contribution < 1.29 is 19.4 Å². The molecule has 2 N–H and O–H groups in total. The van der Waals surface area contributed by atoms with E-state index in [1.165, 1.54) is 6.08 Å². The summed E-state index contributed by atoms with van der Waals surface area (Å²) >= 11 is 0. The molecule has 1 heterocycles. The van der Waals surface area contributed by atoms with Gasteiger partial charge in [-0.2, -0.15) is 0 Å². The minimum Gasteiger partial charge on any atom is -0.478 e. The van der Waals surface area contributed by atoms with Crippen molar-refractivity contribution in [1.82, 2.24) is 5.32 Å². The predicted molar refractivity (Wildman–Crippen MR) is 79.0 cm³/mol. The number of ether oxygens (including phenoxy) is 1. The van der Waals surface area contributed by atoms with E-state index in [1.54, 1.807) is 24.3 Å². The smallest absolute Gasteiger partial charge is 0.328 e. The average Bonchev–Trinajstić information content (AvgIpc) is 2.45. The highest BCUT2D eigenvalue weighted by Crippen LogP contribution is 2.14. The molecule has 1 saturated heterocycles. The highest BCUT2D eigenvalue weighted by molar-refractivity contribution is 5.94. The Hall–Kier alpha value is -2.14. The van der Waals surface area contributed by atoms with Crippen LogP contribution >= 0.6 is 0 Å². The maximum atomic E-state index is 12.1. The number of carboxylic acids is 1. The molecule has 5 nitrogen and oxygen atoms in total. The Labute approximate surface area is 123 Å². The number of hydrogen-bond donors (Lipinski definition) is 2. The minimum absolute atomic E-state index is 0.108. The Balaban J connectivity index is 1.95. The van der Waals surface area contributed by atoms with Gasteiger partial charge in [0, 0.05) is 24.3 Å². The van der Waals surface area contributed by atoms with Crippen LogP contribution in [0.4, 0.5) is 0 Å². The zero-order chi connectivity index (χ0) is 15.2. The summed E-state index contributed by atoms with van der Waals surface area (Å²) < 4.78 is 5.45. The molecule has 0 saturated carbocycles. The molecule has 1 aliphatic heterocycles. The third-order valence-corrected chi connectivity index (χ3v) is 3.41. The van der Waals surface area contributed by atoms with E-state index < -0.39 is 5.97 Å². The summed E-state index contributed by atoms with van der Waals surface area (Å²) in [6, 6.07) is 6.98. The fourth-order valence-corrected chi connectivity index (χ4v) is 2.31. The van der Waals surface area contributed by atoms with E-state index >= 15 is 0 Å². The van der Waals surface area contributed by atoms with Crippen molar-refractivity contribution in [1.29, 1.82) is 0 Å². The predicted octanol–water partition coefficient (Wildman–Crippen LogP) is 2.08. The summed E-state index contributed by atoms with van der Waals surface area (Å²) in [5, 5.41) is 11.6. The van der Waals surface area contributed by atoms with Crippen LogP contribution < -0.4 is 5.32 Å². The van der Waals surface area contributed by atoms with E-state index in [-0.39, 0.29) is 18.1 Å². The van der Waals surface area contributed by atoms with Gasteiger partial charge in [0.25, 0.3) is 5.91 Å². The van der Waals surface area contributed by atoms with Crippen molar-refractivity contribution in [2.75, 3.05) is 6.61 Å². The van der Waals surface area contributed by atoms with Crippen LogP contribution in [0.25, 0.3) is 6.08 Å². The Bertz CT molecular complexity index is 536. The normalized spacial score (nSPS) is 22.1. The Kier molecular flexibility index (Phi) is 5.11. The lowest BCUT2D eigenvalue weighted by molar-refractivity contribution is -0.131. The standard InChI is InChI=1S/C16H19NO4/c1-11-10-14(8-9-21-11)17-16(20)13-5-2-12(3-6-13)4-7-15(18)19/h2-7,11,14H,8-10H2,1H3,(H,17,20)(H,18,19)/b7-4+. The van der Waals surface area contributed by atoms with Crippen LogP contribution in [0.15, 0.2) is 30.3 Å². The summed E-state index contributed by atoms with van der Waals surface area (Å²) in [4.78, 5) is 22.6. The summed E-state index contributed by atoms with van der Waals surface area (Å²) in [5.41, 5.74) is 1.32. The van der Waals surface area contributed by atoms with Gasteiger partial charge in [-0.25, -0.2) is 4.79 Å². The summed E-state index contributed by atoms with van der Waals surface area (Å²) in [5.74, 6) is -1.10. The maximum Gasteiger partial charge on any atom is 0.328 e. The number of hydrogen-bond acceptors (Lipinski definition) is 3. The molecule has 1 aromatic carbocycles.